The van der Waals surface area contributed by atoms with Crippen LogP contribution in [0, 0.1) is 10.1 Å². The fourth-order valence-electron chi connectivity index (χ4n) is 3.39. The summed E-state index contributed by atoms with van der Waals surface area (Å²) in [7, 11) is 0. The number of hydrogen-bond donors (Lipinski definition) is 6. The van der Waals surface area contributed by atoms with E-state index in [1.54, 1.807) is 0 Å². The molecule has 0 aliphatic carbocycles. The summed E-state index contributed by atoms with van der Waals surface area (Å²) >= 11 is 0. The summed E-state index contributed by atoms with van der Waals surface area (Å²) < 4.78 is 34.7. The molecule has 0 amide bonds. The van der Waals surface area contributed by atoms with Crippen LogP contribution in [0.25, 0.3) is 0 Å². The van der Waals surface area contributed by atoms with Crippen molar-refractivity contribution in [2.24, 2.45) is 0 Å². The van der Waals surface area contributed by atoms with Crippen molar-refractivity contribution in [3.8, 4) is 5.75 Å². The largest absolute Gasteiger partial charge is 0.462 e. The number of nitrogens with zero attached hydrogens (tertiary/aromatic N) is 1. The Kier molecular flexibility index (Phi) is 7.92. The Bertz CT molecular complexity index is 767. The zero-order chi connectivity index (χ0) is 23.6. The van der Waals surface area contributed by atoms with Crippen molar-refractivity contribution in [3.63, 3.8) is 0 Å². The van der Waals surface area contributed by atoms with E-state index in [4.69, 9.17) is 18.9 Å². The number of aliphatic hydroxyl groups is 6. The van der Waals surface area contributed by atoms with Gasteiger partial charge in [0.15, 0.2) is 12.4 Å². The lowest BCUT2D eigenvalue weighted by Crippen LogP contribution is -2.65. The van der Waals surface area contributed by atoms with Crippen LogP contribution in [0.5, 0.6) is 5.75 Å². The number of nitro groups is 1. The number of non-ortho nitro benzene ring substituents is 1. The van der Waals surface area contributed by atoms with Crippen molar-refractivity contribution in [2.45, 2.75) is 61.4 Å². The molecule has 10 atom stereocenters. The van der Waals surface area contributed by atoms with E-state index < -0.39 is 79.6 Å². The summed E-state index contributed by atoms with van der Waals surface area (Å²) in [5.41, 5.74) is -0.220. The van der Waals surface area contributed by atoms with Crippen LogP contribution >= 0.6 is 0 Å². The van der Waals surface area contributed by atoms with Crippen LogP contribution in [0.1, 0.15) is 0 Å². The first-order chi connectivity index (χ1) is 15.2. The van der Waals surface area contributed by atoms with Crippen molar-refractivity contribution >= 4 is 5.69 Å². The Morgan fingerprint density at radius 3 is 2.06 bits per heavy atom. The molecule has 0 spiro atoms. The second-order valence-electron chi connectivity index (χ2n) is 7.35. The first kappa shape index (κ1) is 24.6. The van der Waals surface area contributed by atoms with Gasteiger partial charge in [-0.3, -0.25) is 10.1 Å². The van der Waals surface area contributed by atoms with Crippen LogP contribution in [0.3, 0.4) is 0 Å². The van der Waals surface area contributed by atoms with Gasteiger partial charge in [-0.2, -0.15) is 0 Å². The van der Waals surface area contributed by atoms with E-state index in [0.717, 1.165) is 12.1 Å². The SMILES string of the molecule is O=[N+]([O-])c1ccc(O[C@H]2O[C@H](CO)[C@@H](O)[C@H](O)[C@@H]2O[C@H]2O[C@H](CF)[C@@H](O)[C@H](O)[C@@H]2O)cc1. The maximum atomic E-state index is 13.1. The van der Waals surface area contributed by atoms with Crippen LogP contribution in [-0.4, -0.2) is 110 Å². The quantitative estimate of drug-likeness (QED) is 0.184. The molecule has 0 saturated carbocycles. The van der Waals surface area contributed by atoms with Crippen molar-refractivity contribution in [1.82, 2.24) is 0 Å². The monoisotopic (exact) mass is 465 g/mol. The lowest BCUT2D eigenvalue weighted by atomic mass is 9.97. The van der Waals surface area contributed by atoms with Crippen molar-refractivity contribution in [2.75, 3.05) is 13.3 Å². The molecular formula is C18H24FNO12. The van der Waals surface area contributed by atoms with Crippen molar-refractivity contribution < 1.29 is 58.9 Å². The third-order valence-electron chi connectivity index (χ3n) is 5.24. The molecule has 2 heterocycles. The smallest absolute Gasteiger partial charge is 0.269 e. The molecule has 2 aliphatic heterocycles. The van der Waals surface area contributed by atoms with Crippen molar-refractivity contribution in [3.05, 3.63) is 34.4 Å². The average molecular weight is 465 g/mol. The summed E-state index contributed by atoms with van der Waals surface area (Å²) in [6, 6.07) is 4.74. The molecule has 180 valence electrons. The van der Waals surface area contributed by atoms with Gasteiger partial charge in [0.05, 0.1) is 11.5 Å². The Morgan fingerprint density at radius 1 is 0.906 bits per heavy atom. The Balaban J connectivity index is 1.81. The fourth-order valence-corrected chi connectivity index (χ4v) is 3.39. The summed E-state index contributed by atoms with van der Waals surface area (Å²) in [6.07, 6.45) is -16.5. The average Bonchev–Trinajstić information content (AvgIpc) is 2.78. The molecule has 3 rings (SSSR count). The van der Waals surface area contributed by atoms with Gasteiger partial charge in [-0.15, -0.1) is 0 Å². The highest BCUT2D eigenvalue weighted by Crippen LogP contribution is 2.31. The van der Waals surface area contributed by atoms with E-state index in [-0.39, 0.29) is 11.4 Å². The normalized spacial score (nSPS) is 40.1. The molecule has 0 aromatic heterocycles. The van der Waals surface area contributed by atoms with E-state index in [1.165, 1.54) is 12.1 Å². The third-order valence-corrected chi connectivity index (χ3v) is 5.24. The van der Waals surface area contributed by atoms with Gasteiger partial charge < -0.3 is 49.6 Å². The van der Waals surface area contributed by atoms with Gasteiger partial charge >= 0.3 is 0 Å². The molecule has 0 unspecified atom stereocenters. The molecule has 13 nitrogen and oxygen atoms in total. The standard InChI is InChI=1S/C18H24FNO12/c19-5-9-11(22)13(24)15(26)17(30-9)32-16-14(25)12(23)10(6-21)31-18(16)29-8-3-1-7(2-4-8)20(27)28/h1-4,9-18,21-26H,5-6H2/t9-,10-,11-,12-,13+,14+,15+,16+,17-,18+/m1/s1. The number of ether oxygens (including phenoxy) is 4. The predicted molar refractivity (Wildman–Crippen MR) is 99.0 cm³/mol. The van der Waals surface area contributed by atoms with E-state index in [1.807, 2.05) is 0 Å². The van der Waals surface area contributed by atoms with Crippen molar-refractivity contribution in [1.29, 1.82) is 0 Å². The van der Waals surface area contributed by atoms with E-state index in [2.05, 4.69) is 0 Å². The molecule has 32 heavy (non-hydrogen) atoms. The summed E-state index contributed by atoms with van der Waals surface area (Å²) in [6.45, 7) is -1.92. The summed E-state index contributed by atoms with van der Waals surface area (Å²) in [4.78, 5) is 10.2. The highest BCUT2D eigenvalue weighted by atomic mass is 19.1. The van der Waals surface area contributed by atoms with Crippen LogP contribution in [0.2, 0.25) is 0 Å². The topological polar surface area (TPSA) is 201 Å². The number of halogens is 1. The molecule has 14 heteroatoms. The number of alkyl halides is 1. The van der Waals surface area contributed by atoms with Gasteiger partial charge in [-0.1, -0.05) is 0 Å². The molecule has 1 aromatic carbocycles. The third kappa shape index (κ3) is 4.98. The fraction of sp³-hybridized carbons (Fsp3) is 0.667. The highest BCUT2D eigenvalue weighted by molar-refractivity contribution is 5.36. The minimum Gasteiger partial charge on any atom is -0.462 e. The van der Waals surface area contributed by atoms with E-state index in [0.29, 0.717) is 0 Å². The number of nitro benzene ring substituents is 1. The second kappa shape index (κ2) is 10.3. The predicted octanol–water partition coefficient (Wildman–Crippen LogP) is -2.43. The number of rotatable bonds is 7. The lowest BCUT2D eigenvalue weighted by molar-refractivity contribution is -0.384. The maximum absolute atomic E-state index is 13.1. The summed E-state index contributed by atoms with van der Waals surface area (Å²) in [5, 5.41) is 70.7. The van der Waals surface area contributed by atoms with Gasteiger partial charge in [0.2, 0.25) is 6.29 Å². The highest BCUT2D eigenvalue weighted by Gasteiger charge is 2.51. The Morgan fingerprint density at radius 2 is 1.50 bits per heavy atom. The molecule has 0 bridgehead atoms. The van der Waals surface area contributed by atoms with Gasteiger partial charge in [-0.05, 0) is 12.1 Å². The first-order valence-electron chi connectivity index (χ1n) is 9.62. The zero-order valence-corrected chi connectivity index (χ0v) is 16.5. The van der Waals surface area contributed by atoms with Gasteiger partial charge in [-0.25, -0.2) is 4.39 Å². The van der Waals surface area contributed by atoms with Crippen LogP contribution in [0.4, 0.5) is 10.1 Å². The molecule has 0 radical (unpaired) electrons. The zero-order valence-electron chi connectivity index (χ0n) is 16.5. The number of benzene rings is 1. The van der Waals surface area contributed by atoms with Gasteiger partial charge in [0.25, 0.3) is 5.69 Å². The summed E-state index contributed by atoms with van der Waals surface area (Å²) in [5.74, 6) is 0.0386. The molecule has 2 fully saturated rings. The maximum Gasteiger partial charge on any atom is 0.269 e. The number of hydrogen-bond acceptors (Lipinski definition) is 12. The second-order valence-corrected chi connectivity index (χ2v) is 7.35. The van der Waals surface area contributed by atoms with Gasteiger partial charge in [0, 0.05) is 12.1 Å². The lowest BCUT2D eigenvalue weighted by Gasteiger charge is -2.45. The van der Waals surface area contributed by atoms with Crippen LogP contribution < -0.4 is 4.74 Å². The Labute approximate surface area is 180 Å². The van der Waals surface area contributed by atoms with E-state index in [9.17, 15) is 45.1 Å². The van der Waals surface area contributed by atoms with Crippen LogP contribution in [-0.2, 0) is 14.2 Å². The molecule has 1 aromatic rings. The minimum atomic E-state index is -1.85. The first-order valence-corrected chi connectivity index (χ1v) is 9.62. The Hall–Kier alpha value is -2.01. The van der Waals surface area contributed by atoms with Gasteiger partial charge in [0.1, 0.15) is 55.2 Å². The van der Waals surface area contributed by atoms with Crippen LogP contribution in [0.15, 0.2) is 24.3 Å². The minimum absolute atomic E-state index is 0.0386. The molecule has 6 N–H and O–H groups in total. The molecular weight excluding hydrogens is 441 g/mol. The van der Waals surface area contributed by atoms with E-state index >= 15 is 0 Å². The molecule has 2 saturated heterocycles. The molecule has 2 aliphatic rings. The number of aliphatic hydroxyl groups excluding tert-OH is 6.